The predicted octanol–water partition coefficient (Wildman–Crippen LogP) is 7.07. The zero-order valence-electron chi connectivity index (χ0n) is 26.5. The molecule has 0 heterocycles. The molecule has 2 saturated carbocycles. The van der Waals surface area contributed by atoms with E-state index in [2.05, 4.69) is 41.5 Å². The van der Waals surface area contributed by atoms with E-state index in [4.69, 9.17) is 9.84 Å². The predicted molar refractivity (Wildman–Crippen MR) is 156 cm³/mol. The number of ketones is 1. The van der Waals surface area contributed by atoms with Gasteiger partial charge in [0.1, 0.15) is 18.3 Å². The third-order valence-electron chi connectivity index (χ3n) is 13.2. The molecule has 0 aromatic carbocycles. The summed E-state index contributed by atoms with van der Waals surface area (Å²) < 4.78 is 5.77. The molecule has 7 nitrogen and oxygen atoms in total. The maximum absolute atomic E-state index is 13.1. The van der Waals surface area contributed by atoms with Gasteiger partial charge in [0.05, 0.1) is 5.92 Å². The summed E-state index contributed by atoms with van der Waals surface area (Å²) in [6, 6.07) is 0. The molecule has 230 valence electrons. The Hall–Kier alpha value is -2.18. The fourth-order valence-corrected chi connectivity index (χ4v) is 10.3. The average molecular weight is 573 g/mol. The molecule has 3 unspecified atom stereocenters. The van der Waals surface area contributed by atoms with Crippen molar-refractivity contribution in [1.82, 2.24) is 0 Å². The maximum atomic E-state index is 13.1. The molecule has 0 saturated heterocycles. The van der Waals surface area contributed by atoms with Gasteiger partial charge in [-0.25, -0.2) is 0 Å². The van der Waals surface area contributed by atoms with Crippen LogP contribution in [-0.2, 0) is 23.9 Å². The highest BCUT2D eigenvalue weighted by Crippen LogP contribution is 2.72. The van der Waals surface area contributed by atoms with Crippen molar-refractivity contribution in [2.24, 2.45) is 51.2 Å². The van der Waals surface area contributed by atoms with E-state index in [1.54, 1.807) is 25.0 Å². The molecule has 0 bridgehead atoms. The highest BCUT2D eigenvalue weighted by molar-refractivity contribution is 5.90. The fourth-order valence-electron chi connectivity index (χ4n) is 10.3. The van der Waals surface area contributed by atoms with Crippen LogP contribution in [0, 0.1) is 51.2 Å². The minimum atomic E-state index is -1.16. The third kappa shape index (κ3) is 5.07. The first-order valence-electron chi connectivity index (χ1n) is 15.8. The van der Waals surface area contributed by atoms with Gasteiger partial charge in [-0.1, -0.05) is 66.5 Å². The number of ether oxygens (including phenoxy) is 1. The summed E-state index contributed by atoms with van der Waals surface area (Å²) >= 11 is 0. The number of fused-ring (bicyclic) bond motifs is 4. The molecule has 4 aliphatic carbocycles. The maximum Gasteiger partial charge on any atom is 0.317 e. The van der Waals surface area contributed by atoms with E-state index in [0.717, 1.165) is 51.4 Å². The van der Waals surface area contributed by atoms with Crippen LogP contribution in [-0.4, -0.2) is 40.0 Å². The summed E-state index contributed by atoms with van der Waals surface area (Å²) in [5, 5.41) is 18.4. The number of carbonyl (C=O) groups excluding carboxylic acids is 2. The van der Waals surface area contributed by atoms with Gasteiger partial charge < -0.3 is 14.9 Å². The van der Waals surface area contributed by atoms with Crippen molar-refractivity contribution in [3.05, 3.63) is 11.1 Å². The quantitative estimate of drug-likeness (QED) is 0.172. The molecule has 4 rings (SSSR count). The number of carboxylic acids is 2. The summed E-state index contributed by atoms with van der Waals surface area (Å²) in [7, 11) is 0. The van der Waals surface area contributed by atoms with Crippen molar-refractivity contribution in [2.45, 2.75) is 126 Å². The number of hydrogen-bond acceptors (Lipinski definition) is 5. The Morgan fingerprint density at radius 1 is 0.854 bits per heavy atom. The van der Waals surface area contributed by atoms with E-state index < -0.39 is 36.2 Å². The van der Waals surface area contributed by atoms with Gasteiger partial charge in [0, 0.05) is 17.8 Å². The lowest BCUT2D eigenvalue weighted by Gasteiger charge is -2.62. The first-order valence-corrected chi connectivity index (χ1v) is 15.8. The van der Waals surface area contributed by atoms with Crippen molar-refractivity contribution in [3.63, 3.8) is 0 Å². The molecule has 4 aliphatic rings. The van der Waals surface area contributed by atoms with Crippen LogP contribution in [0.15, 0.2) is 11.1 Å². The molecular formula is C34H52O7. The normalized spacial score (nSPS) is 38.1. The van der Waals surface area contributed by atoms with Gasteiger partial charge in [0.15, 0.2) is 0 Å². The SMILES string of the molecule is CC(C(=O)O)C(C)C(=O)C[C@@H](C)[C@H]1CC[C@@]2(C)C3=C(CC[C@]12C)[C@@]1(C)CC[C@H](OC(=O)CC(=O)O)C(C)(C)C1CC3. The standard InChI is InChI=1S/C34H52O7/c1-19(17-25(35)20(2)21(3)30(39)40)22-11-15-34(8)24-9-10-26-31(4,5)27(41-29(38)18-28(36)37)13-14-32(26,6)23(24)12-16-33(22,34)7/h19-22,26-27H,9-18H2,1-8H3,(H,36,37)(H,39,40)/t19-,20?,21?,22-,26?,27+,32-,33-,34+/m1/s1. The number of aliphatic carboxylic acids is 2. The highest BCUT2D eigenvalue weighted by atomic mass is 16.5. The van der Waals surface area contributed by atoms with E-state index in [0.29, 0.717) is 18.3 Å². The van der Waals surface area contributed by atoms with Crippen LogP contribution >= 0.6 is 0 Å². The van der Waals surface area contributed by atoms with Crippen LogP contribution in [0.1, 0.15) is 120 Å². The van der Waals surface area contributed by atoms with Crippen LogP contribution in [0.5, 0.6) is 0 Å². The van der Waals surface area contributed by atoms with Crippen LogP contribution in [0.4, 0.5) is 0 Å². The van der Waals surface area contributed by atoms with Gasteiger partial charge >= 0.3 is 17.9 Å². The van der Waals surface area contributed by atoms with Crippen LogP contribution in [0.25, 0.3) is 0 Å². The Kier molecular flexibility index (Phi) is 8.38. The highest BCUT2D eigenvalue weighted by Gasteiger charge is 2.63. The molecular weight excluding hydrogens is 520 g/mol. The molecule has 0 spiro atoms. The molecule has 0 radical (unpaired) electrons. The zero-order valence-corrected chi connectivity index (χ0v) is 26.5. The van der Waals surface area contributed by atoms with Gasteiger partial charge in [-0.3, -0.25) is 19.2 Å². The van der Waals surface area contributed by atoms with E-state index in [-0.39, 0.29) is 39.5 Å². The van der Waals surface area contributed by atoms with Crippen LogP contribution < -0.4 is 0 Å². The van der Waals surface area contributed by atoms with Crippen molar-refractivity contribution >= 4 is 23.7 Å². The second-order valence-corrected chi connectivity index (χ2v) is 15.3. The van der Waals surface area contributed by atoms with E-state index in [9.17, 15) is 24.3 Å². The molecule has 41 heavy (non-hydrogen) atoms. The first kappa shape index (κ1) is 31.7. The molecule has 9 atom stereocenters. The average Bonchev–Trinajstić information content (AvgIpc) is 3.15. The molecule has 0 aromatic heterocycles. The molecule has 7 heteroatoms. The van der Waals surface area contributed by atoms with Gasteiger partial charge in [-0.2, -0.15) is 0 Å². The topological polar surface area (TPSA) is 118 Å². The lowest BCUT2D eigenvalue weighted by Crippen LogP contribution is -2.56. The second-order valence-electron chi connectivity index (χ2n) is 15.3. The Morgan fingerprint density at radius 2 is 1.51 bits per heavy atom. The Labute approximate surface area is 245 Å². The van der Waals surface area contributed by atoms with Gasteiger partial charge in [0.2, 0.25) is 0 Å². The summed E-state index contributed by atoms with van der Waals surface area (Å²) in [6.45, 7) is 17.3. The van der Waals surface area contributed by atoms with Crippen LogP contribution in [0.3, 0.4) is 0 Å². The Balaban J connectivity index is 1.56. The number of esters is 1. The number of carbonyl (C=O) groups is 4. The largest absolute Gasteiger partial charge is 0.481 e. The Morgan fingerprint density at radius 3 is 2.12 bits per heavy atom. The van der Waals surface area contributed by atoms with Gasteiger partial charge in [-0.15, -0.1) is 0 Å². The van der Waals surface area contributed by atoms with Crippen molar-refractivity contribution in [2.75, 3.05) is 0 Å². The first-order chi connectivity index (χ1) is 18.9. The summed E-state index contributed by atoms with van der Waals surface area (Å²) in [6.07, 6.45) is 7.67. The molecule has 0 aliphatic heterocycles. The minimum Gasteiger partial charge on any atom is -0.481 e. The number of hydrogen-bond donors (Lipinski definition) is 2. The molecule has 2 N–H and O–H groups in total. The summed E-state index contributed by atoms with van der Waals surface area (Å²) in [5.74, 6) is -2.81. The lowest BCUT2D eigenvalue weighted by molar-refractivity contribution is -0.172. The molecule has 0 aromatic rings. The van der Waals surface area contributed by atoms with E-state index in [1.807, 2.05) is 0 Å². The smallest absolute Gasteiger partial charge is 0.317 e. The van der Waals surface area contributed by atoms with Gasteiger partial charge in [-0.05, 0) is 85.4 Å². The van der Waals surface area contributed by atoms with Crippen molar-refractivity contribution in [3.8, 4) is 0 Å². The number of allylic oxidation sites excluding steroid dienone is 2. The summed E-state index contributed by atoms with van der Waals surface area (Å²) in [4.78, 5) is 47.9. The van der Waals surface area contributed by atoms with Crippen molar-refractivity contribution < 1.29 is 34.1 Å². The number of Topliss-reactive ketones (excluding diaryl/α,β-unsaturated/α-hetero) is 1. The lowest BCUT2D eigenvalue weighted by atomic mass is 9.43. The minimum absolute atomic E-state index is 0.0270. The van der Waals surface area contributed by atoms with Gasteiger partial charge in [0.25, 0.3) is 0 Å². The van der Waals surface area contributed by atoms with E-state index in [1.165, 1.54) is 0 Å². The molecule has 2 fully saturated rings. The zero-order chi connectivity index (χ0) is 30.7. The number of carboxylic acid groups (broad SMARTS) is 2. The fraction of sp³-hybridized carbons (Fsp3) is 0.824. The number of rotatable bonds is 9. The van der Waals surface area contributed by atoms with E-state index >= 15 is 0 Å². The molecule has 0 amide bonds. The van der Waals surface area contributed by atoms with Crippen LogP contribution in [0.2, 0.25) is 0 Å². The van der Waals surface area contributed by atoms with Crippen molar-refractivity contribution in [1.29, 1.82) is 0 Å². The summed E-state index contributed by atoms with van der Waals surface area (Å²) in [5.41, 5.74) is 3.19. The Bertz CT molecular complexity index is 1140. The third-order valence-corrected chi connectivity index (χ3v) is 13.2. The monoisotopic (exact) mass is 572 g/mol. The second kappa shape index (κ2) is 10.8.